The van der Waals surface area contributed by atoms with E-state index >= 15 is 0 Å². The van der Waals surface area contributed by atoms with Crippen LogP contribution >= 0.6 is 11.6 Å². The van der Waals surface area contributed by atoms with E-state index in [4.69, 9.17) is 16.6 Å². The van der Waals surface area contributed by atoms with Crippen LogP contribution in [0.25, 0.3) is 16.6 Å². The van der Waals surface area contributed by atoms with E-state index in [2.05, 4.69) is 4.90 Å². The topological polar surface area (TPSA) is 75.5 Å². The molecule has 4 atom stereocenters. The van der Waals surface area contributed by atoms with E-state index in [9.17, 15) is 14.4 Å². The number of carbonyl (C=O) groups excluding carboxylic acids is 2. The van der Waals surface area contributed by atoms with Crippen LogP contribution in [0, 0.1) is 11.8 Å². The first-order valence-corrected chi connectivity index (χ1v) is 12.9. The molecule has 7 nitrogen and oxygen atoms in total. The maximum atomic E-state index is 14.4. The number of halogens is 1. The number of hydrogen-bond acceptors (Lipinski definition) is 5. The summed E-state index contributed by atoms with van der Waals surface area (Å²) in [5.74, 6) is -1.17. The second-order valence-corrected chi connectivity index (χ2v) is 10.7. The Hall–Kier alpha value is -3.81. The predicted molar refractivity (Wildman–Crippen MR) is 139 cm³/mol. The SMILES string of the molecule is O=C1[C@H]2[C@H]3CCCN3[C@]3(c4ccccc4-n4c3nc3ccccc3c4=O)[C@H]2C(=O)N1c1cccc(Cl)c1. The monoisotopic (exact) mass is 508 g/mol. The second kappa shape index (κ2) is 7.15. The molecule has 0 aliphatic carbocycles. The molecule has 4 aromatic rings. The fourth-order valence-corrected chi connectivity index (χ4v) is 7.67. The Balaban J connectivity index is 1.46. The lowest BCUT2D eigenvalue weighted by molar-refractivity contribution is -0.124. The van der Waals surface area contributed by atoms with Crippen molar-refractivity contribution in [3.05, 3.63) is 99.6 Å². The van der Waals surface area contributed by atoms with E-state index in [1.807, 2.05) is 42.5 Å². The third-order valence-electron chi connectivity index (χ3n) is 8.71. The van der Waals surface area contributed by atoms with Gasteiger partial charge in [0.25, 0.3) is 5.56 Å². The van der Waals surface area contributed by atoms with Crippen molar-refractivity contribution < 1.29 is 9.59 Å². The summed E-state index contributed by atoms with van der Waals surface area (Å²) < 4.78 is 1.68. The summed E-state index contributed by atoms with van der Waals surface area (Å²) in [5.41, 5.74) is 1.50. The number of benzene rings is 3. The number of aromatic nitrogens is 2. The highest BCUT2D eigenvalue weighted by Gasteiger charge is 2.73. The summed E-state index contributed by atoms with van der Waals surface area (Å²) >= 11 is 6.25. The Morgan fingerprint density at radius 2 is 1.73 bits per heavy atom. The van der Waals surface area contributed by atoms with Gasteiger partial charge in [-0.25, -0.2) is 9.88 Å². The van der Waals surface area contributed by atoms with Crippen LogP contribution in [0.3, 0.4) is 0 Å². The third-order valence-corrected chi connectivity index (χ3v) is 8.94. The Bertz CT molecular complexity index is 1750. The summed E-state index contributed by atoms with van der Waals surface area (Å²) in [6, 6.07) is 21.8. The van der Waals surface area contributed by atoms with Gasteiger partial charge in [-0.3, -0.25) is 23.9 Å². The zero-order valence-electron chi connectivity index (χ0n) is 19.7. The fraction of sp³-hybridized carbons (Fsp3) is 0.241. The zero-order chi connectivity index (χ0) is 25.1. The van der Waals surface area contributed by atoms with Crippen molar-refractivity contribution in [1.82, 2.24) is 14.5 Å². The molecule has 0 radical (unpaired) electrons. The number of imide groups is 1. The number of rotatable bonds is 1. The van der Waals surface area contributed by atoms with Crippen molar-refractivity contribution in [3.63, 3.8) is 0 Å². The van der Waals surface area contributed by atoms with E-state index < -0.39 is 17.4 Å². The maximum absolute atomic E-state index is 14.4. The number of para-hydroxylation sites is 2. The molecule has 182 valence electrons. The lowest BCUT2D eigenvalue weighted by atomic mass is 9.75. The van der Waals surface area contributed by atoms with Crippen molar-refractivity contribution in [2.24, 2.45) is 11.8 Å². The Morgan fingerprint density at radius 3 is 2.59 bits per heavy atom. The van der Waals surface area contributed by atoms with Crippen LogP contribution in [0.4, 0.5) is 5.69 Å². The molecule has 8 heteroatoms. The molecular formula is C29H21ClN4O3. The van der Waals surface area contributed by atoms with Gasteiger partial charge in [0.15, 0.2) is 0 Å². The molecule has 3 saturated heterocycles. The number of anilines is 1. The van der Waals surface area contributed by atoms with Crippen molar-refractivity contribution in [2.75, 3.05) is 11.4 Å². The normalized spacial score (nSPS) is 27.7. The zero-order valence-corrected chi connectivity index (χ0v) is 20.4. The first kappa shape index (κ1) is 21.3. The molecule has 4 aliphatic rings. The molecular weight excluding hydrogens is 488 g/mol. The molecule has 1 aromatic heterocycles. The van der Waals surface area contributed by atoms with Gasteiger partial charge in [-0.15, -0.1) is 0 Å². The lowest BCUT2D eigenvalue weighted by Gasteiger charge is -2.38. The van der Waals surface area contributed by atoms with Gasteiger partial charge in [-0.05, 0) is 55.8 Å². The third kappa shape index (κ3) is 2.42. The van der Waals surface area contributed by atoms with Gasteiger partial charge in [-0.1, -0.05) is 48.0 Å². The van der Waals surface area contributed by atoms with Gasteiger partial charge in [0.1, 0.15) is 11.4 Å². The predicted octanol–water partition coefficient (Wildman–Crippen LogP) is 3.88. The van der Waals surface area contributed by atoms with Gasteiger partial charge in [0, 0.05) is 16.6 Å². The lowest BCUT2D eigenvalue weighted by Crippen LogP contribution is -2.51. The number of hydrogen-bond donors (Lipinski definition) is 0. The molecule has 37 heavy (non-hydrogen) atoms. The van der Waals surface area contributed by atoms with E-state index in [1.54, 1.807) is 34.9 Å². The highest BCUT2D eigenvalue weighted by molar-refractivity contribution is 6.31. The Kier molecular flexibility index (Phi) is 4.11. The van der Waals surface area contributed by atoms with Gasteiger partial charge in [0.2, 0.25) is 11.8 Å². The number of nitrogens with zero attached hydrogens (tertiary/aromatic N) is 4. The van der Waals surface area contributed by atoms with Crippen molar-refractivity contribution >= 4 is 40.0 Å². The highest BCUT2D eigenvalue weighted by atomic mass is 35.5. The van der Waals surface area contributed by atoms with Gasteiger partial charge in [-0.2, -0.15) is 0 Å². The summed E-state index contributed by atoms with van der Waals surface area (Å²) in [7, 11) is 0. The van der Waals surface area contributed by atoms with E-state index in [0.29, 0.717) is 27.4 Å². The molecule has 3 aromatic carbocycles. The van der Waals surface area contributed by atoms with E-state index in [-0.39, 0.29) is 23.4 Å². The van der Waals surface area contributed by atoms with Gasteiger partial charge < -0.3 is 0 Å². The van der Waals surface area contributed by atoms with Crippen LogP contribution in [0.1, 0.15) is 24.2 Å². The molecule has 0 N–H and O–H groups in total. The Labute approximate surface area is 216 Å². The van der Waals surface area contributed by atoms with Crippen LogP contribution in [0.5, 0.6) is 0 Å². The van der Waals surface area contributed by atoms with E-state index in [1.165, 1.54) is 4.90 Å². The molecule has 4 aliphatic heterocycles. The quantitative estimate of drug-likeness (QED) is 0.365. The smallest absolute Gasteiger partial charge is 0.266 e. The van der Waals surface area contributed by atoms with Gasteiger partial charge >= 0.3 is 0 Å². The van der Waals surface area contributed by atoms with Crippen LogP contribution in [-0.4, -0.2) is 38.9 Å². The van der Waals surface area contributed by atoms with Crippen molar-refractivity contribution in [1.29, 1.82) is 0 Å². The summed E-state index contributed by atoms with van der Waals surface area (Å²) in [6.45, 7) is 0.729. The molecule has 2 amide bonds. The molecule has 0 saturated carbocycles. The standard InChI is InChI=1S/C29H21ClN4O3/c30-16-7-5-8-17(15-16)33-26(36)23-22-13-6-14-32(22)29(24(23)27(33)37)19-10-2-4-12-21(19)34-25(35)18-9-1-3-11-20(18)31-28(29)34/h1-5,7-12,15,22-24H,6,13-14H2/t22-,23+,24-,29-/m1/s1. The number of carbonyl (C=O) groups is 2. The molecule has 3 fully saturated rings. The minimum absolute atomic E-state index is 0.117. The largest absolute Gasteiger partial charge is 0.283 e. The van der Waals surface area contributed by atoms with Crippen LogP contribution in [0.15, 0.2) is 77.6 Å². The van der Waals surface area contributed by atoms with E-state index in [0.717, 1.165) is 30.6 Å². The Morgan fingerprint density at radius 1 is 0.919 bits per heavy atom. The minimum atomic E-state index is -1.01. The maximum Gasteiger partial charge on any atom is 0.266 e. The average Bonchev–Trinajstić information content (AvgIpc) is 3.61. The number of fused-ring (bicyclic) bond motifs is 11. The first-order chi connectivity index (χ1) is 18.0. The van der Waals surface area contributed by atoms with Crippen LogP contribution < -0.4 is 10.5 Å². The van der Waals surface area contributed by atoms with Crippen LogP contribution in [0.2, 0.25) is 5.02 Å². The molecule has 5 heterocycles. The van der Waals surface area contributed by atoms with Crippen molar-refractivity contribution in [3.8, 4) is 5.69 Å². The summed E-state index contributed by atoms with van der Waals surface area (Å²) in [4.78, 5) is 51.0. The summed E-state index contributed by atoms with van der Waals surface area (Å²) in [6.07, 6.45) is 1.72. The van der Waals surface area contributed by atoms with Crippen molar-refractivity contribution in [2.45, 2.75) is 24.4 Å². The fourth-order valence-electron chi connectivity index (χ4n) is 7.48. The first-order valence-electron chi connectivity index (χ1n) is 12.6. The molecule has 0 bridgehead atoms. The molecule has 0 unspecified atom stereocenters. The average molecular weight is 509 g/mol. The molecule has 8 rings (SSSR count). The number of amides is 2. The van der Waals surface area contributed by atoms with Gasteiger partial charge in [0.05, 0.1) is 34.1 Å². The summed E-state index contributed by atoms with van der Waals surface area (Å²) in [5, 5.41) is 0.989. The van der Waals surface area contributed by atoms with Crippen LogP contribution in [-0.2, 0) is 15.1 Å². The molecule has 1 spiro atoms. The highest BCUT2D eigenvalue weighted by Crippen LogP contribution is 2.62. The second-order valence-electron chi connectivity index (χ2n) is 10.3. The minimum Gasteiger partial charge on any atom is -0.283 e.